The number of pyridine rings is 1. The van der Waals surface area contributed by atoms with E-state index in [0.29, 0.717) is 25.3 Å². The normalized spacial score (nSPS) is 27.9. The van der Waals surface area contributed by atoms with Crippen molar-refractivity contribution in [2.45, 2.75) is 58.2 Å². The van der Waals surface area contributed by atoms with Crippen LogP contribution >= 0.6 is 0 Å². The molecule has 100 valence electrons. The van der Waals surface area contributed by atoms with Crippen molar-refractivity contribution in [3.05, 3.63) is 34.2 Å². The average Bonchev–Trinajstić information content (AvgIpc) is 2.16. The van der Waals surface area contributed by atoms with Crippen LogP contribution in [0.3, 0.4) is 0 Å². The van der Waals surface area contributed by atoms with Gasteiger partial charge in [0.05, 0.1) is 0 Å². The van der Waals surface area contributed by atoms with Crippen LogP contribution in [0.25, 0.3) is 0 Å². The minimum absolute atomic E-state index is 0.00969. The van der Waals surface area contributed by atoms with Gasteiger partial charge in [0.25, 0.3) is 5.56 Å². The number of aromatic nitrogens is 1. The molecule has 0 N–H and O–H groups in total. The summed E-state index contributed by atoms with van der Waals surface area (Å²) in [5.41, 5.74) is 0.166. The summed E-state index contributed by atoms with van der Waals surface area (Å²) in [6.45, 7) is 8.65. The summed E-state index contributed by atoms with van der Waals surface area (Å²) in [5, 5.41) is 0. The summed E-state index contributed by atoms with van der Waals surface area (Å²) in [4.78, 5) is 11.8. The minimum atomic E-state index is -1.02. The summed E-state index contributed by atoms with van der Waals surface area (Å²) in [7, 11) is 0. The van der Waals surface area contributed by atoms with Crippen molar-refractivity contribution >= 4 is 0 Å². The van der Waals surface area contributed by atoms with Crippen LogP contribution in [-0.2, 0) is 12.0 Å². The van der Waals surface area contributed by atoms with Gasteiger partial charge in [-0.1, -0.05) is 26.8 Å². The van der Waals surface area contributed by atoms with Crippen LogP contribution in [0.15, 0.2) is 23.1 Å². The third-order valence-corrected chi connectivity index (χ3v) is 3.73. The Morgan fingerprint density at radius 2 is 2.00 bits per heavy atom. The largest absolute Gasteiger partial charge is 0.315 e. The van der Waals surface area contributed by atoms with Gasteiger partial charge < -0.3 is 4.57 Å². The topological polar surface area (TPSA) is 22.0 Å². The van der Waals surface area contributed by atoms with E-state index in [9.17, 15) is 9.18 Å². The molecule has 0 aromatic carbocycles. The Morgan fingerprint density at radius 1 is 1.39 bits per heavy atom. The van der Waals surface area contributed by atoms with Crippen molar-refractivity contribution in [2.24, 2.45) is 5.92 Å². The van der Waals surface area contributed by atoms with E-state index < -0.39 is 5.67 Å². The Balaban J connectivity index is 2.16. The quantitative estimate of drug-likeness (QED) is 0.790. The average molecular weight is 251 g/mol. The lowest BCUT2D eigenvalue weighted by atomic mass is 9.73. The van der Waals surface area contributed by atoms with Gasteiger partial charge in [0.2, 0.25) is 0 Å². The molecular formula is C15H22FNO. The molecule has 0 radical (unpaired) electrons. The molecule has 0 unspecified atom stereocenters. The van der Waals surface area contributed by atoms with E-state index in [2.05, 4.69) is 20.8 Å². The monoisotopic (exact) mass is 251 g/mol. The third-order valence-electron chi connectivity index (χ3n) is 3.73. The zero-order valence-corrected chi connectivity index (χ0v) is 11.7. The highest BCUT2D eigenvalue weighted by Gasteiger charge is 2.40. The van der Waals surface area contributed by atoms with Crippen molar-refractivity contribution in [2.75, 3.05) is 0 Å². The third kappa shape index (κ3) is 2.82. The van der Waals surface area contributed by atoms with E-state index in [1.54, 1.807) is 17.6 Å². The molecule has 2 nitrogen and oxygen atoms in total. The molecule has 2 rings (SSSR count). The molecule has 0 atom stereocenters. The number of rotatable bonds is 2. The lowest BCUT2D eigenvalue weighted by molar-refractivity contribution is 0.0167. The SMILES string of the molecule is CC1(F)CC(Cn2cc(C(C)(C)C)ccc2=O)C1. The zero-order chi connectivity index (χ0) is 13.6. The Bertz CT molecular complexity index is 488. The molecule has 1 aliphatic rings. The maximum atomic E-state index is 13.4. The number of nitrogens with zero attached hydrogens (tertiary/aromatic N) is 1. The fourth-order valence-corrected chi connectivity index (χ4v) is 2.67. The molecule has 0 aliphatic heterocycles. The fraction of sp³-hybridized carbons (Fsp3) is 0.667. The van der Waals surface area contributed by atoms with Crippen molar-refractivity contribution < 1.29 is 4.39 Å². The summed E-state index contributed by atoms with van der Waals surface area (Å²) in [6.07, 6.45) is 3.06. The first kappa shape index (κ1) is 13.3. The lowest BCUT2D eigenvalue weighted by Gasteiger charge is -2.39. The molecule has 18 heavy (non-hydrogen) atoms. The molecule has 3 heteroatoms. The van der Waals surface area contributed by atoms with Gasteiger partial charge in [-0.15, -0.1) is 0 Å². The highest BCUT2D eigenvalue weighted by Crippen LogP contribution is 2.41. The molecule has 1 saturated carbocycles. The van der Waals surface area contributed by atoms with Crippen molar-refractivity contribution in [1.29, 1.82) is 0 Å². The maximum absolute atomic E-state index is 13.4. The maximum Gasteiger partial charge on any atom is 0.250 e. The second-order valence-corrected chi connectivity index (χ2v) is 6.85. The Morgan fingerprint density at radius 3 is 2.50 bits per heavy atom. The second-order valence-electron chi connectivity index (χ2n) is 6.85. The Hall–Kier alpha value is -1.12. The molecular weight excluding hydrogens is 229 g/mol. The lowest BCUT2D eigenvalue weighted by Crippen LogP contribution is -2.40. The van der Waals surface area contributed by atoms with Gasteiger partial charge in [0.15, 0.2) is 0 Å². The second kappa shape index (κ2) is 4.22. The van der Waals surface area contributed by atoms with Crippen LogP contribution < -0.4 is 5.56 Å². The summed E-state index contributed by atoms with van der Waals surface area (Å²) >= 11 is 0. The molecule has 0 spiro atoms. The number of hydrogen-bond donors (Lipinski definition) is 0. The molecule has 1 aromatic heterocycles. The molecule has 0 amide bonds. The molecule has 1 aromatic rings. The van der Waals surface area contributed by atoms with Crippen LogP contribution in [0.4, 0.5) is 4.39 Å². The standard InChI is InChI=1S/C15H22FNO/c1-14(2,3)12-5-6-13(18)17(10-12)9-11-7-15(4,16)8-11/h5-6,10-11H,7-9H2,1-4H3. The highest BCUT2D eigenvalue weighted by molar-refractivity contribution is 5.19. The minimum Gasteiger partial charge on any atom is -0.315 e. The van der Waals surface area contributed by atoms with E-state index in [1.165, 1.54) is 0 Å². The predicted octanol–water partition coefficient (Wildman–Crippen LogP) is 3.28. The predicted molar refractivity (Wildman–Crippen MR) is 71.6 cm³/mol. The van der Waals surface area contributed by atoms with E-state index in [0.717, 1.165) is 5.56 Å². The smallest absolute Gasteiger partial charge is 0.250 e. The van der Waals surface area contributed by atoms with Gasteiger partial charge >= 0.3 is 0 Å². The van der Waals surface area contributed by atoms with E-state index in [1.807, 2.05) is 12.3 Å². The van der Waals surface area contributed by atoms with E-state index in [4.69, 9.17) is 0 Å². The van der Waals surface area contributed by atoms with Crippen LogP contribution in [0.2, 0.25) is 0 Å². The molecule has 0 saturated heterocycles. The summed E-state index contributed by atoms with van der Waals surface area (Å²) in [6, 6.07) is 3.51. The fourth-order valence-electron chi connectivity index (χ4n) is 2.67. The van der Waals surface area contributed by atoms with Gasteiger partial charge in [-0.2, -0.15) is 0 Å². The van der Waals surface area contributed by atoms with Crippen LogP contribution in [0.5, 0.6) is 0 Å². The van der Waals surface area contributed by atoms with Gasteiger partial charge in [-0.3, -0.25) is 4.79 Å². The first-order valence-electron chi connectivity index (χ1n) is 6.57. The van der Waals surface area contributed by atoms with Gasteiger partial charge in [0.1, 0.15) is 5.67 Å². The molecule has 1 heterocycles. The number of alkyl halides is 1. The Labute approximate surface area is 108 Å². The van der Waals surface area contributed by atoms with Crippen molar-refractivity contribution in [3.63, 3.8) is 0 Å². The first-order chi connectivity index (χ1) is 8.17. The van der Waals surface area contributed by atoms with Crippen LogP contribution in [-0.4, -0.2) is 10.2 Å². The van der Waals surface area contributed by atoms with Crippen molar-refractivity contribution in [3.8, 4) is 0 Å². The Kier molecular flexibility index (Phi) is 3.12. The van der Waals surface area contributed by atoms with Crippen LogP contribution in [0, 0.1) is 5.92 Å². The van der Waals surface area contributed by atoms with Gasteiger partial charge in [0, 0.05) is 18.8 Å². The highest BCUT2D eigenvalue weighted by atomic mass is 19.1. The molecule has 1 fully saturated rings. The van der Waals surface area contributed by atoms with Crippen molar-refractivity contribution in [1.82, 2.24) is 4.57 Å². The van der Waals surface area contributed by atoms with Gasteiger partial charge in [-0.25, -0.2) is 4.39 Å². The van der Waals surface area contributed by atoms with Crippen LogP contribution in [0.1, 0.15) is 46.1 Å². The first-order valence-corrected chi connectivity index (χ1v) is 6.57. The van der Waals surface area contributed by atoms with E-state index >= 15 is 0 Å². The summed E-state index contributed by atoms with van der Waals surface area (Å²) < 4.78 is 15.2. The van der Waals surface area contributed by atoms with E-state index in [-0.39, 0.29) is 11.0 Å². The summed E-state index contributed by atoms with van der Waals surface area (Å²) in [5.74, 6) is 0.299. The number of hydrogen-bond acceptors (Lipinski definition) is 1. The van der Waals surface area contributed by atoms with Gasteiger partial charge in [-0.05, 0) is 36.7 Å². The molecule has 1 aliphatic carbocycles. The molecule has 0 bridgehead atoms. The number of halogens is 1. The zero-order valence-electron chi connectivity index (χ0n) is 11.7.